The van der Waals surface area contributed by atoms with Gasteiger partial charge in [0.1, 0.15) is 10.8 Å². The molecule has 0 aliphatic heterocycles. The first-order valence-electron chi connectivity index (χ1n) is 5.25. The van der Waals surface area contributed by atoms with E-state index in [0.717, 1.165) is 10.1 Å². The van der Waals surface area contributed by atoms with Crippen LogP contribution in [0.2, 0.25) is 5.15 Å². The van der Waals surface area contributed by atoms with Gasteiger partial charge in [-0.2, -0.15) is 9.78 Å². The van der Waals surface area contributed by atoms with Gasteiger partial charge in [0.05, 0.1) is 5.52 Å². The number of aromatic nitrogens is 2. The quantitative estimate of drug-likeness (QED) is 0.721. The first-order chi connectivity index (χ1) is 7.88. The number of carbonyl (C=O) groups excluding carboxylic acids is 1. The van der Waals surface area contributed by atoms with Crippen LogP contribution in [0.4, 0.5) is 4.79 Å². The molecule has 0 saturated carbocycles. The lowest BCUT2D eigenvalue weighted by molar-refractivity contribution is 0.0516. The number of nitrogens with zero attached hydrogens (tertiary/aromatic N) is 2. The van der Waals surface area contributed by atoms with Crippen molar-refractivity contribution in [1.29, 1.82) is 0 Å². The van der Waals surface area contributed by atoms with Gasteiger partial charge in [-0.05, 0) is 32.9 Å². The van der Waals surface area contributed by atoms with Gasteiger partial charge in [0, 0.05) is 5.39 Å². The molecule has 0 aliphatic rings. The largest absolute Gasteiger partial charge is 0.442 e. The van der Waals surface area contributed by atoms with Crippen LogP contribution in [0.3, 0.4) is 0 Å². The minimum Gasteiger partial charge on any atom is -0.442 e. The zero-order chi connectivity index (χ0) is 12.6. The summed E-state index contributed by atoms with van der Waals surface area (Å²) in [6, 6.07) is 7.29. The van der Waals surface area contributed by atoms with E-state index in [9.17, 15) is 4.79 Å². The van der Waals surface area contributed by atoms with Crippen molar-refractivity contribution < 1.29 is 9.53 Å². The molecule has 2 rings (SSSR count). The first-order valence-corrected chi connectivity index (χ1v) is 5.63. The van der Waals surface area contributed by atoms with Gasteiger partial charge in [0.15, 0.2) is 0 Å². The van der Waals surface area contributed by atoms with E-state index in [-0.39, 0.29) is 5.15 Å². The molecule has 0 N–H and O–H groups in total. The molecule has 4 nitrogen and oxygen atoms in total. The molecule has 90 valence electrons. The molecule has 1 heterocycles. The molecule has 0 atom stereocenters. The second kappa shape index (κ2) is 4.04. The molecule has 0 radical (unpaired) electrons. The summed E-state index contributed by atoms with van der Waals surface area (Å²) in [5.41, 5.74) is 0.0989. The monoisotopic (exact) mass is 252 g/mol. The highest BCUT2D eigenvalue weighted by atomic mass is 35.5. The highest BCUT2D eigenvalue weighted by Gasteiger charge is 2.21. The van der Waals surface area contributed by atoms with Gasteiger partial charge in [-0.15, -0.1) is 0 Å². The van der Waals surface area contributed by atoms with Gasteiger partial charge < -0.3 is 4.74 Å². The number of halogens is 1. The maximum Gasteiger partial charge on any atom is 0.436 e. The van der Waals surface area contributed by atoms with Gasteiger partial charge in [0.2, 0.25) is 0 Å². The summed E-state index contributed by atoms with van der Waals surface area (Å²) < 4.78 is 6.29. The molecule has 0 spiro atoms. The third-order valence-electron chi connectivity index (χ3n) is 2.09. The zero-order valence-corrected chi connectivity index (χ0v) is 10.7. The smallest absolute Gasteiger partial charge is 0.436 e. The van der Waals surface area contributed by atoms with Crippen LogP contribution in [0, 0.1) is 0 Å². The molecule has 0 unspecified atom stereocenters. The van der Waals surface area contributed by atoms with Crippen LogP contribution in [0.15, 0.2) is 24.3 Å². The van der Waals surface area contributed by atoms with Crippen molar-refractivity contribution in [3.8, 4) is 0 Å². The van der Waals surface area contributed by atoms with Crippen LogP contribution < -0.4 is 0 Å². The van der Waals surface area contributed by atoms with E-state index in [2.05, 4.69) is 5.10 Å². The number of benzene rings is 1. The van der Waals surface area contributed by atoms with E-state index >= 15 is 0 Å². The molecule has 5 heteroatoms. The molecular formula is C12H13ClN2O2. The molecule has 0 bridgehead atoms. The van der Waals surface area contributed by atoms with E-state index in [1.54, 1.807) is 26.8 Å². The summed E-state index contributed by atoms with van der Waals surface area (Å²) in [4.78, 5) is 11.8. The first kappa shape index (κ1) is 11.9. The number of hydrogen-bond acceptors (Lipinski definition) is 3. The van der Waals surface area contributed by atoms with E-state index < -0.39 is 11.7 Å². The maximum absolute atomic E-state index is 11.8. The summed E-state index contributed by atoms with van der Waals surface area (Å²) in [5, 5.41) is 5.12. The van der Waals surface area contributed by atoms with Gasteiger partial charge in [-0.25, -0.2) is 4.79 Å². The lowest BCUT2D eigenvalue weighted by atomic mass is 10.2. The lowest BCUT2D eigenvalue weighted by Gasteiger charge is -2.18. The molecule has 17 heavy (non-hydrogen) atoms. The van der Waals surface area contributed by atoms with Crippen LogP contribution in [0.5, 0.6) is 0 Å². The molecule has 0 aliphatic carbocycles. The number of ether oxygens (including phenoxy) is 1. The molecule has 0 saturated heterocycles. The van der Waals surface area contributed by atoms with Crippen molar-refractivity contribution in [2.75, 3.05) is 0 Å². The van der Waals surface area contributed by atoms with E-state index in [1.165, 1.54) is 0 Å². The Bertz CT molecular complexity index is 569. The van der Waals surface area contributed by atoms with E-state index in [1.807, 2.05) is 18.2 Å². The minimum atomic E-state index is -0.571. The van der Waals surface area contributed by atoms with Gasteiger partial charge in [-0.1, -0.05) is 23.7 Å². The Kier molecular flexibility index (Phi) is 2.83. The Morgan fingerprint density at radius 3 is 2.59 bits per heavy atom. The van der Waals surface area contributed by atoms with Gasteiger partial charge in [-0.3, -0.25) is 0 Å². The fourth-order valence-electron chi connectivity index (χ4n) is 1.43. The molecule has 0 amide bonds. The van der Waals surface area contributed by atoms with Crippen molar-refractivity contribution >= 4 is 28.6 Å². The third-order valence-corrected chi connectivity index (χ3v) is 2.45. The van der Waals surface area contributed by atoms with E-state index in [0.29, 0.717) is 5.52 Å². The summed E-state index contributed by atoms with van der Waals surface area (Å²) in [6.45, 7) is 5.38. The average Bonchev–Trinajstić information content (AvgIpc) is 2.55. The Morgan fingerprint density at radius 1 is 1.35 bits per heavy atom. The summed E-state index contributed by atoms with van der Waals surface area (Å²) >= 11 is 6.08. The van der Waals surface area contributed by atoms with E-state index in [4.69, 9.17) is 16.3 Å². The van der Waals surface area contributed by atoms with Crippen LogP contribution in [-0.4, -0.2) is 21.5 Å². The molecular weight excluding hydrogens is 240 g/mol. The van der Waals surface area contributed by atoms with Gasteiger partial charge in [0.25, 0.3) is 0 Å². The Morgan fingerprint density at radius 2 is 2.00 bits per heavy atom. The van der Waals surface area contributed by atoms with Gasteiger partial charge >= 0.3 is 6.09 Å². The predicted molar refractivity (Wildman–Crippen MR) is 66.4 cm³/mol. The molecule has 2 aromatic rings. The zero-order valence-electron chi connectivity index (χ0n) is 9.90. The second-order valence-electron chi connectivity index (χ2n) is 4.70. The normalized spacial score (nSPS) is 11.8. The SMILES string of the molecule is CC(C)(C)OC(=O)n1nc2ccccc2c1Cl. The van der Waals surface area contributed by atoms with Crippen LogP contribution >= 0.6 is 11.6 Å². The summed E-state index contributed by atoms with van der Waals surface area (Å²) in [7, 11) is 0. The average molecular weight is 253 g/mol. The Balaban J connectivity index is 2.43. The fraction of sp³-hybridized carbons (Fsp3) is 0.333. The van der Waals surface area contributed by atoms with Crippen molar-refractivity contribution in [2.45, 2.75) is 26.4 Å². The van der Waals surface area contributed by atoms with Crippen molar-refractivity contribution in [3.63, 3.8) is 0 Å². The highest BCUT2D eigenvalue weighted by molar-refractivity contribution is 6.35. The van der Waals surface area contributed by atoms with Crippen LogP contribution in [0.1, 0.15) is 20.8 Å². The maximum atomic E-state index is 11.8. The number of carbonyl (C=O) groups is 1. The molecule has 0 fully saturated rings. The van der Waals surface area contributed by atoms with Crippen LogP contribution in [-0.2, 0) is 4.74 Å². The van der Waals surface area contributed by atoms with Crippen molar-refractivity contribution in [1.82, 2.24) is 9.78 Å². The second-order valence-corrected chi connectivity index (χ2v) is 5.06. The lowest BCUT2D eigenvalue weighted by Crippen LogP contribution is -2.27. The number of hydrogen-bond donors (Lipinski definition) is 0. The summed E-state index contributed by atoms with van der Waals surface area (Å²) in [5.74, 6) is 0. The highest BCUT2D eigenvalue weighted by Crippen LogP contribution is 2.23. The Labute approximate surface area is 104 Å². The van der Waals surface area contributed by atoms with Crippen molar-refractivity contribution in [2.24, 2.45) is 0 Å². The third kappa shape index (κ3) is 2.42. The number of rotatable bonds is 0. The Hall–Kier alpha value is -1.55. The molecule has 1 aromatic heterocycles. The number of fused-ring (bicyclic) bond motifs is 1. The predicted octanol–water partition coefficient (Wildman–Crippen LogP) is 3.47. The standard InChI is InChI=1S/C12H13ClN2O2/c1-12(2,3)17-11(16)15-10(13)8-6-4-5-7-9(8)14-15/h4-7H,1-3H3. The fourth-order valence-corrected chi connectivity index (χ4v) is 1.69. The topological polar surface area (TPSA) is 44.1 Å². The minimum absolute atomic E-state index is 0.273. The molecule has 1 aromatic carbocycles. The van der Waals surface area contributed by atoms with Crippen molar-refractivity contribution in [3.05, 3.63) is 29.4 Å². The van der Waals surface area contributed by atoms with Crippen LogP contribution in [0.25, 0.3) is 10.9 Å². The summed E-state index contributed by atoms with van der Waals surface area (Å²) in [6.07, 6.45) is -0.571.